The van der Waals surface area contributed by atoms with Gasteiger partial charge in [0.2, 0.25) is 0 Å². The summed E-state index contributed by atoms with van der Waals surface area (Å²) in [6.07, 6.45) is 3.03. The van der Waals surface area contributed by atoms with Crippen LogP contribution in [0.1, 0.15) is 24.9 Å². The molecule has 2 nitrogen and oxygen atoms in total. The van der Waals surface area contributed by atoms with Crippen LogP contribution in [-0.4, -0.2) is 4.98 Å². The fourth-order valence-corrected chi connectivity index (χ4v) is 3.94. The van der Waals surface area contributed by atoms with E-state index in [1.807, 2.05) is 12.3 Å². The zero-order valence-electron chi connectivity index (χ0n) is 11.6. The third-order valence-corrected chi connectivity index (χ3v) is 5.05. The Hall–Kier alpha value is -1.78. The molecule has 1 aliphatic rings. The summed E-state index contributed by atoms with van der Waals surface area (Å²) in [6, 6.07) is 11.9. The van der Waals surface area contributed by atoms with Gasteiger partial charge in [-0.05, 0) is 59.8 Å². The highest BCUT2D eigenvalue weighted by atomic mass is 32.2. The number of rotatable bonds is 2. The average molecular weight is 298 g/mol. The lowest BCUT2D eigenvalue weighted by Crippen LogP contribution is -2.05. The van der Waals surface area contributed by atoms with Gasteiger partial charge in [0, 0.05) is 33.6 Å². The van der Waals surface area contributed by atoms with Crippen molar-refractivity contribution >= 4 is 22.9 Å². The van der Waals surface area contributed by atoms with Crippen LogP contribution in [0.2, 0.25) is 0 Å². The lowest BCUT2D eigenvalue weighted by molar-refractivity contribution is 0.629. The Morgan fingerprint density at radius 2 is 2.10 bits per heavy atom. The van der Waals surface area contributed by atoms with Crippen LogP contribution >= 0.6 is 11.9 Å². The molecule has 0 bridgehead atoms. The SMILES string of the molecule is CCC1NSc2ccc(-c3c[nH]c4cc(F)ccc34)cc21. The standard InChI is InChI=1S/C17H15FN2S/c1-2-15-13-7-10(3-6-17(13)21-20-15)14-9-19-16-8-11(18)4-5-12(14)16/h3-9,15,19-20H,2H2,1H3. The molecule has 1 atom stereocenters. The number of fused-ring (bicyclic) bond motifs is 2. The first-order chi connectivity index (χ1) is 10.3. The molecule has 2 N–H and O–H groups in total. The maximum absolute atomic E-state index is 13.3. The summed E-state index contributed by atoms with van der Waals surface area (Å²) in [5, 5.41) is 1.06. The van der Waals surface area contributed by atoms with Crippen LogP contribution in [-0.2, 0) is 0 Å². The quantitative estimate of drug-likeness (QED) is 0.649. The first kappa shape index (κ1) is 12.9. The van der Waals surface area contributed by atoms with E-state index in [-0.39, 0.29) is 5.82 Å². The molecule has 4 heteroatoms. The second-order valence-electron chi connectivity index (χ2n) is 5.33. The number of aromatic nitrogens is 1. The Balaban J connectivity index is 1.86. The Labute approximate surface area is 126 Å². The molecule has 3 aromatic rings. The second kappa shape index (κ2) is 4.90. The molecule has 1 aliphatic heterocycles. The number of halogens is 1. The summed E-state index contributed by atoms with van der Waals surface area (Å²) in [5.41, 5.74) is 4.50. The molecular formula is C17H15FN2S. The van der Waals surface area contributed by atoms with Crippen molar-refractivity contribution in [1.82, 2.24) is 9.71 Å². The average Bonchev–Trinajstić information content (AvgIpc) is 3.09. The fraction of sp³-hybridized carbons (Fsp3) is 0.176. The number of nitrogens with one attached hydrogen (secondary N) is 2. The van der Waals surface area contributed by atoms with E-state index in [2.05, 4.69) is 34.8 Å². The summed E-state index contributed by atoms with van der Waals surface area (Å²) in [4.78, 5) is 4.46. The van der Waals surface area contributed by atoms with Gasteiger partial charge in [0.05, 0.1) is 0 Å². The summed E-state index contributed by atoms with van der Waals surface area (Å²) < 4.78 is 16.7. The third-order valence-electron chi connectivity index (χ3n) is 4.06. The van der Waals surface area contributed by atoms with Crippen molar-refractivity contribution in [3.63, 3.8) is 0 Å². The van der Waals surface area contributed by atoms with Gasteiger partial charge in [-0.2, -0.15) is 0 Å². The van der Waals surface area contributed by atoms with E-state index in [1.165, 1.54) is 22.1 Å². The number of benzene rings is 2. The number of H-pyrrole nitrogens is 1. The van der Waals surface area contributed by atoms with Gasteiger partial charge in [-0.15, -0.1) is 0 Å². The summed E-state index contributed by atoms with van der Waals surface area (Å²) in [5.74, 6) is -0.212. The fourth-order valence-electron chi connectivity index (χ4n) is 2.92. The summed E-state index contributed by atoms with van der Waals surface area (Å²) in [6.45, 7) is 2.19. The van der Waals surface area contributed by atoms with Crippen LogP contribution in [0.3, 0.4) is 0 Å². The smallest absolute Gasteiger partial charge is 0.125 e. The Morgan fingerprint density at radius 1 is 1.19 bits per heavy atom. The van der Waals surface area contributed by atoms with E-state index in [1.54, 1.807) is 18.0 Å². The number of hydrogen-bond acceptors (Lipinski definition) is 2. The molecule has 21 heavy (non-hydrogen) atoms. The molecule has 106 valence electrons. The normalized spacial score (nSPS) is 17.3. The predicted molar refractivity (Wildman–Crippen MR) is 85.7 cm³/mol. The van der Waals surface area contributed by atoms with Gasteiger partial charge in [0.15, 0.2) is 0 Å². The molecule has 0 saturated carbocycles. The molecular weight excluding hydrogens is 283 g/mol. The van der Waals surface area contributed by atoms with Gasteiger partial charge in [0.1, 0.15) is 5.82 Å². The van der Waals surface area contributed by atoms with Crippen molar-refractivity contribution in [1.29, 1.82) is 0 Å². The summed E-state index contributed by atoms with van der Waals surface area (Å²) >= 11 is 1.70. The van der Waals surface area contributed by atoms with Crippen molar-refractivity contribution in [2.45, 2.75) is 24.3 Å². The minimum Gasteiger partial charge on any atom is -0.360 e. The van der Waals surface area contributed by atoms with Gasteiger partial charge in [-0.25, -0.2) is 4.39 Å². The largest absolute Gasteiger partial charge is 0.360 e. The van der Waals surface area contributed by atoms with Crippen LogP contribution in [0, 0.1) is 5.82 Å². The first-order valence-electron chi connectivity index (χ1n) is 7.09. The molecule has 0 aliphatic carbocycles. The third kappa shape index (κ3) is 2.06. The van der Waals surface area contributed by atoms with Crippen molar-refractivity contribution in [2.75, 3.05) is 0 Å². The number of aromatic amines is 1. The van der Waals surface area contributed by atoms with Crippen molar-refractivity contribution in [3.8, 4) is 11.1 Å². The van der Waals surface area contributed by atoms with E-state index < -0.39 is 0 Å². The van der Waals surface area contributed by atoms with Gasteiger partial charge in [-0.1, -0.05) is 13.0 Å². The zero-order valence-corrected chi connectivity index (χ0v) is 12.4. The lowest BCUT2D eigenvalue weighted by atomic mass is 9.98. The van der Waals surface area contributed by atoms with E-state index in [4.69, 9.17) is 0 Å². The van der Waals surface area contributed by atoms with E-state index in [9.17, 15) is 4.39 Å². The highest BCUT2D eigenvalue weighted by Gasteiger charge is 2.22. The van der Waals surface area contributed by atoms with E-state index in [0.717, 1.165) is 22.9 Å². The minimum atomic E-state index is -0.212. The predicted octanol–water partition coefficient (Wildman–Crippen LogP) is 5.04. The van der Waals surface area contributed by atoms with Crippen molar-refractivity contribution < 1.29 is 4.39 Å². The van der Waals surface area contributed by atoms with Crippen LogP contribution in [0.5, 0.6) is 0 Å². The van der Waals surface area contributed by atoms with Crippen molar-refractivity contribution in [2.24, 2.45) is 0 Å². The van der Waals surface area contributed by atoms with Crippen LogP contribution in [0.4, 0.5) is 4.39 Å². The van der Waals surface area contributed by atoms with Gasteiger partial charge < -0.3 is 4.98 Å². The van der Waals surface area contributed by atoms with Crippen LogP contribution in [0.25, 0.3) is 22.0 Å². The second-order valence-corrected chi connectivity index (χ2v) is 6.21. The van der Waals surface area contributed by atoms with Gasteiger partial charge >= 0.3 is 0 Å². The topological polar surface area (TPSA) is 27.8 Å². The van der Waals surface area contributed by atoms with E-state index in [0.29, 0.717) is 6.04 Å². The highest BCUT2D eigenvalue weighted by molar-refractivity contribution is 7.97. The summed E-state index contributed by atoms with van der Waals surface area (Å²) in [7, 11) is 0. The van der Waals surface area contributed by atoms with Gasteiger partial charge in [0.25, 0.3) is 0 Å². The monoisotopic (exact) mass is 298 g/mol. The first-order valence-corrected chi connectivity index (χ1v) is 7.91. The lowest BCUT2D eigenvalue weighted by Gasteiger charge is -2.09. The maximum atomic E-state index is 13.3. The molecule has 0 radical (unpaired) electrons. The maximum Gasteiger partial charge on any atom is 0.125 e. The molecule has 4 rings (SSSR count). The molecule has 2 heterocycles. The molecule has 1 aromatic heterocycles. The minimum absolute atomic E-state index is 0.212. The molecule has 0 amide bonds. The van der Waals surface area contributed by atoms with E-state index >= 15 is 0 Å². The Kier molecular flexibility index (Phi) is 3.01. The van der Waals surface area contributed by atoms with Gasteiger partial charge in [-0.3, -0.25) is 4.72 Å². The number of hydrogen-bond donors (Lipinski definition) is 2. The molecule has 0 saturated heterocycles. The Morgan fingerprint density at radius 3 is 2.95 bits per heavy atom. The molecule has 0 spiro atoms. The molecule has 2 aromatic carbocycles. The highest BCUT2D eigenvalue weighted by Crippen LogP contribution is 2.40. The molecule has 1 unspecified atom stereocenters. The van der Waals surface area contributed by atoms with Crippen LogP contribution < -0.4 is 4.72 Å². The van der Waals surface area contributed by atoms with Crippen molar-refractivity contribution in [3.05, 3.63) is 54.0 Å². The molecule has 0 fully saturated rings. The Bertz CT molecular complexity index is 825. The van der Waals surface area contributed by atoms with Crippen LogP contribution in [0.15, 0.2) is 47.5 Å². The zero-order chi connectivity index (χ0) is 14.4.